The Labute approximate surface area is 70.1 Å². The zero-order chi connectivity index (χ0) is 8.27. The lowest BCUT2D eigenvalue weighted by Gasteiger charge is -2.38. The van der Waals surface area contributed by atoms with Crippen LogP contribution in [0.2, 0.25) is 0 Å². The van der Waals surface area contributed by atoms with Gasteiger partial charge in [0.1, 0.15) is 0 Å². The van der Waals surface area contributed by atoms with Gasteiger partial charge in [0.15, 0.2) is 0 Å². The summed E-state index contributed by atoms with van der Waals surface area (Å²) >= 11 is 0. The summed E-state index contributed by atoms with van der Waals surface area (Å²) in [5.41, 5.74) is 0. The molecule has 0 aromatic carbocycles. The highest BCUT2D eigenvalue weighted by Gasteiger charge is 2.22. The number of rotatable bonds is 2. The zero-order valence-electron chi connectivity index (χ0n) is 7.71. The van der Waals surface area contributed by atoms with Crippen LogP contribution in [0, 0.1) is 0 Å². The van der Waals surface area contributed by atoms with Crippen LogP contribution in [0.3, 0.4) is 0 Å². The fourth-order valence-corrected chi connectivity index (χ4v) is 1.98. The fraction of sp³-hybridized carbons (Fsp3) is 0.800. The Kier molecular flexibility index (Phi) is 3.13. The predicted molar refractivity (Wildman–Crippen MR) is 49.7 cm³/mol. The second-order valence-electron chi connectivity index (χ2n) is 3.61. The quantitative estimate of drug-likeness (QED) is 0.551. The van der Waals surface area contributed by atoms with E-state index in [0.717, 1.165) is 18.6 Å². The first-order valence-electron chi connectivity index (χ1n) is 4.62. The molecule has 0 aliphatic carbocycles. The Bertz CT molecular complexity index is 121. The van der Waals surface area contributed by atoms with Crippen molar-refractivity contribution in [2.45, 2.75) is 45.2 Å². The van der Waals surface area contributed by atoms with Gasteiger partial charge in [-0.3, -0.25) is 4.90 Å². The second-order valence-corrected chi connectivity index (χ2v) is 3.61. The Hall–Kier alpha value is -0.300. The van der Waals surface area contributed by atoms with Crippen LogP contribution in [0.5, 0.6) is 0 Å². The van der Waals surface area contributed by atoms with Crippen molar-refractivity contribution in [3.63, 3.8) is 0 Å². The van der Waals surface area contributed by atoms with Gasteiger partial charge in [-0.25, -0.2) is 0 Å². The van der Waals surface area contributed by atoms with Crippen LogP contribution in [0.25, 0.3) is 0 Å². The molecular formula is C10H19N. The highest BCUT2D eigenvalue weighted by Crippen LogP contribution is 2.21. The molecule has 0 amide bonds. The van der Waals surface area contributed by atoms with Crippen molar-refractivity contribution in [3.8, 4) is 0 Å². The third-order valence-electron chi connectivity index (χ3n) is 2.72. The molecule has 0 radical (unpaired) electrons. The predicted octanol–water partition coefficient (Wildman–Crippen LogP) is 2.44. The number of hydrogen-bond donors (Lipinski definition) is 0. The highest BCUT2D eigenvalue weighted by atomic mass is 15.2. The summed E-state index contributed by atoms with van der Waals surface area (Å²) in [6.45, 7) is 9.48. The molecule has 1 saturated heterocycles. The van der Waals surface area contributed by atoms with Crippen molar-refractivity contribution in [1.82, 2.24) is 4.90 Å². The van der Waals surface area contributed by atoms with E-state index in [4.69, 9.17) is 0 Å². The van der Waals surface area contributed by atoms with Gasteiger partial charge in [-0.2, -0.15) is 0 Å². The minimum atomic E-state index is 0.761. The molecule has 64 valence electrons. The summed E-state index contributed by atoms with van der Waals surface area (Å²) in [6, 6.07) is 1.52. The molecule has 0 aromatic heterocycles. The molecule has 1 heterocycles. The molecule has 1 aliphatic rings. The van der Waals surface area contributed by atoms with E-state index in [1.54, 1.807) is 0 Å². The Morgan fingerprint density at radius 1 is 1.36 bits per heavy atom. The average Bonchev–Trinajstić information content (AvgIpc) is 1.97. The normalized spacial score (nSPS) is 33.6. The molecule has 1 nitrogen and oxygen atoms in total. The van der Waals surface area contributed by atoms with E-state index in [0.29, 0.717) is 0 Å². The number of nitrogens with zero attached hydrogens (tertiary/aromatic N) is 1. The maximum atomic E-state index is 3.78. The maximum Gasteiger partial charge on any atom is 0.0166 e. The van der Waals surface area contributed by atoms with Crippen molar-refractivity contribution in [2.24, 2.45) is 0 Å². The monoisotopic (exact) mass is 153 g/mol. The van der Waals surface area contributed by atoms with Crippen molar-refractivity contribution < 1.29 is 0 Å². The van der Waals surface area contributed by atoms with Crippen LogP contribution in [0.1, 0.15) is 33.1 Å². The van der Waals surface area contributed by atoms with Crippen LogP contribution in [0.15, 0.2) is 12.7 Å². The fourth-order valence-electron chi connectivity index (χ4n) is 1.98. The largest absolute Gasteiger partial charge is 0.294 e. The van der Waals surface area contributed by atoms with Crippen LogP contribution >= 0.6 is 0 Å². The number of piperidine rings is 1. The van der Waals surface area contributed by atoms with E-state index in [9.17, 15) is 0 Å². The van der Waals surface area contributed by atoms with Crippen molar-refractivity contribution in [2.75, 3.05) is 6.54 Å². The van der Waals surface area contributed by atoms with E-state index in [-0.39, 0.29) is 0 Å². The van der Waals surface area contributed by atoms with Gasteiger partial charge in [0.05, 0.1) is 0 Å². The molecule has 1 heteroatoms. The summed E-state index contributed by atoms with van der Waals surface area (Å²) in [7, 11) is 0. The number of likely N-dealkylation sites (tertiary alicyclic amines) is 1. The average molecular weight is 153 g/mol. The van der Waals surface area contributed by atoms with E-state index in [2.05, 4.69) is 25.3 Å². The molecule has 1 fully saturated rings. The molecular weight excluding hydrogens is 134 g/mol. The van der Waals surface area contributed by atoms with Crippen molar-refractivity contribution >= 4 is 0 Å². The summed E-state index contributed by atoms with van der Waals surface area (Å²) in [5.74, 6) is 0. The van der Waals surface area contributed by atoms with Crippen LogP contribution < -0.4 is 0 Å². The Balaban J connectivity index is 2.47. The molecule has 0 unspecified atom stereocenters. The minimum Gasteiger partial charge on any atom is -0.294 e. The molecule has 0 bridgehead atoms. The summed E-state index contributed by atoms with van der Waals surface area (Å²) in [6.07, 6.45) is 6.13. The first-order valence-corrected chi connectivity index (χ1v) is 4.62. The lowest BCUT2D eigenvalue weighted by atomic mass is 9.98. The first kappa shape index (κ1) is 8.79. The van der Waals surface area contributed by atoms with Gasteiger partial charge in [-0.05, 0) is 26.7 Å². The van der Waals surface area contributed by atoms with E-state index in [1.807, 2.05) is 6.08 Å². The van der Waals surface area contributed by atoms with E-state index < -0.39 is 0 Å². The second kappa shape index (κ2) is 3.91. The molecule has 1 aliphatic heterocycles. The molecule has 0 saturated carbocycles. The van der Waals surface area contributed by atoms with Crippen molar-refractivity contribution in [1.29, 1.82) is 0 Å². The maximum absolute atomic E-state index is 3.78. The third kappa shape index (κ3) is 2.06. The molecule has 2 atom stereocenters. The molecule has 11 heavy (non-hydrogen) atoms. The Morgan fingerprint density at radius 2 is 1.91 bits per heavy atom. The van der Waals surface area contributed by atoms with Crippen LogP contribution in [0.4, 0.5) is 0 Å². The molecule has 1 rings (SSSR count). The topological polar surface area (TPSA) is 3.24 Å². The molecule has 0 N–H and O–H groups in total. The van der Waals surface area contributed by atoms with Crippen LogP contribution in [-0.2, 0) is 0 Å². The summed E-state index contributed by atoms with van der Waals surface area (Å²) in [4.78, 5) is 2.54. The molecule has 0 aromatic rings. The van der Waals surface area contributed by atoms with Gasteiger partial charge in [0.2, 0.25) is 0 Å². The first-order chi connectivity index (χ1) is 5.25. The van der Waals surface area contributed by atoms with Gasteiger partial charge < -0.3 is 0 Å². The van der Waals surface area contributed by atoms with Crippen LogP contribution in [-0.4, -0.2) is 23.5 Å². The molecule has 0 spiro atoms. The van der Waals surface area contributed by atoms with Gasteiger partial charge in [0, 0.05) is 18.6 Å². The minimum absolute atomic E-state index is 0.761. The summed E-state index contributed by atoms with van der Waals surface area (Å²) in [5, 5.41) is 0. The highest BCUT2D eigenvalue weighted by molar-refractivity contribution is 4.84. The smallest absolute Gasteiger partial charge is 0.0166 e. The van der Waals surface area contributed by atoms with E-state index in [1.165, 1.54) is 19.3 Å². The van der Waals surface area contributed by atoms with Gasteiger partial charge >= 0.3 is 0 Å². The van der Waals surface area contributed by atoms with Crippen molar-refractivity contribution in [3.05, 3.63) is 12.7 Å². The standard InChI is InChI=1S/C10H19N/c1-4-8-11-9(2)6-5-7-10(11)3/h4,9-10H,1,5-8H2,2-3H3/t9-,10+. The number of hydrogen-bond acceptors (Lipinski definition) is 1. The van der Waals surface area contributed by atoms with Gasteiger partial charge in [-0.1, -0.05) is 12.5 Å². The zero-order valence-corrected chi connectivity index (χ0v) is 7.71. The van der Waals surface area contributed by atoms with Gasteiger partial charge in [-0.15, -0.1) is 6.58 Å². The SMILES string of the molecule is C=CCN1[C@H](C)CCC[C@@H]1C. The summed E-state index contributed by atoms with van der Waals surface area (Å²) < 4.78 is 0. The van der Waals surface area contributed by atoms with Gasteiger partial charge in [0.25, 0.3) is 0 Å². The Morgan fingerprint density at radius 3 is 2.36 bits per heavy atom. The van der Waals surface area contributed by atoms with E-state index >= 15 is 0 Å². The lowest BCUT2D eigenvalue weighted by molar-refractivity contribution is 0.119. The lowest BCUT2D eigenvalue weighted by Crippen LogP contribution is -2.43. The third-order valence-corrected chi connectivity index (χ3v) is 2.72.